The van der Waals surface area contributed by atoms with E-state index in [1.54, 1.807) is 0 Å². The highest BCUT2D eigenvalue weighted by atomic mass is 79.9. The van der Waals surface area contributed by atoms with Gasteiger partial charge in [0, 0.05) is 17.6 Å². The van der Waals surface area contributed by atoms with Crippen molar-refractivity contribution in [3.8, 4) is 0 Å². The molecule has 0 fully saturated rings. The van der Waals surface area contributed by atoms with Crippen molar-refractivity contribution in [2.45, 2.75) is 6.54 Å². The SMILES string of the molecule is Clc1cccc(CNc2cc(Br)ncn2)c1. The molecule has 16 heavy (non-hydrogen) atoms. The molecule has 82 valence electrons. The number of halogens is 2. The minimum absolute atomic E-state index is 0.685. The van der Waals surface area contributed by atoms with Gasteiger partial charge >= 0.3 is 0 Å². The van der Waals surface area contributed by atoms with Gasteiger partial charge in [0.15, 0.2) is 0 Å². The van der Waals surface area contributed by atoms with E-state index in [0.717, 1.165) is 21.0 Å². The topological polar surface area (TPSA) is 37.8 Å². The zero-order valence-corrected chi connectivity index (χ0v) is 10.7. The van der Waals surface area contributed by atoms with E-state index in [9.17, 15) is 0 Å². The quantitative estimate of drug-likeness (QED) is 0.881. The molecule has 0 unspecified atom stereocenters. The summed E-state index contributed by atoms with van der Waals surface area (Å²) < 4.78 is 0.760. The van der Waals surface area contributed by atoms with Crippen molar-refractivity contribution in [2.75, 3.05) is 5.32 Å². The number of rotatable bonds is 3. The Labute approximate surface area is 107 Å². The van der Waals surface area contributed by atoms with Gasteiger partial charge in [0.2, 0.25) is 0 Å². The number of nitrogens with zero attached hydrogens (tertiary/aromatic N) is 2. The number of aromatic nitrogens is 2. The second kappa shape index (κ2) is 5.27. The minimum Gasteiger partial charge on any atom is -0.366 e. The summed E-state index contributed by atoms with van der Waals surface area (Å²) in [6, 6.07) is 9.53. The molecule has 1 aromatic heterocycles. The first-order valence-electron chi connectivity index (χ1n) is 4.70. The summed E-state index contributed by atoms with van der Waals surface area (Å²) in [5, 5.41) is 3.93. The van der Waals surface area contributed by atoms with Crippen LogP contribution in [0.2, 0.25) is 5.02 Å². The number of nitrogens with one attached hydrogen (secondary N) is 1. The van der Waals surface area contributed by atoms with Gasteiger partial charge in [0.25, 0.3) is 0 Å². The van der Waals surface area contributed by atoms with Crippen molar-refractivity contribution < 1.29 is 0 Å². The Morgan fingerprint density at radius 3 is 2.88 bits per heavy atom. The molecular formula is C11H9BrClN3. The van der Waals surface area contributed by atoms with Crippen LogP contribution in [0.3, 0.4) is 0 Å². The van der Waals surface area contributed by atoms with Crippen LogP contribution in [0.1, 0.15) is 5.56 Å². The molecule has 0 saturated carbocycles. The van der Waals surface area contributed by atoms with Crippen molar-refractivity contribution in [1.29, 1.82) is 0 Å². The number of hydrogen-bond acceptors (Lipinski definition) is 3. The summed E-state index contributed by atoms with van der Waals surface area (Å²) in [4.78, 5) is 8.05. The van der Waals surface area contributed by atoms with Crippen LogP contribution in [0.15, 0.2) is 41.3 Å². The summed E-state index contributed by atoms with van der Waals surface area (Å²) in [5.41, 5.74) is 1.11. The average Bonchev–Trinajstić information content (AvgIpc) is 2.27. The van der Waals surface area contributed by atoms with Gasteiger partial charge in [-0.15, -0.1) is 0 Å². The zero-order chi connectivity index (χ0) is 11.4. The van der Waals surface area contributed by atoms with Crippen LogP contribution >= 0.6 is 27.5 Å². The van der Waals surface area contributed by atoms with Crippen LogP contribution in [0.5, 0.6) is 0 Å². The molecule has 0 aliphatic carbocycles. The van der Waals surface area contributed by atoms with Crippen molar-refractivity contribution in [3.63, 3.8) is 0 Å². The molecule has 3 nitrogen and oxygen atoms in total. The first-order valence-corrected chi connectivity index (χ1v) is 5.87. The molecule has 1 aromatic carbocycles. The van der Waals surface area contributed by atoms with Crippen LogP contribution in [0, 0.1) is 0 Å². The van der Waals surface area contributed by atoms with Crippen LogP contribution in [0.25, 0.3) is 0 Å². The van der Waals surface area contributed by atoms with Gasteiger partial charge in [-0.25, -0.2) is 9.97 Å². The molecule has 1 heterocycles. The van der Waals surface area contributed by atoms with Gasteiger partial charge in [0.1, 0.15) is 16.7 Å². The van der Waals surface area contributed by atoms with E-state index in [2.05, 4.69) is 31.2 Å². The average molecular weight is 299 g/mol. The van der Waals surface area contributed by atoms with Crippen molar-refractivity contribution >= 4 is 33.3 Å². The maximum Gasteiger partial charge on any atom is 0.130 e. The molecule has 0 spiro atoms. The molecule has 2 rings (SSSR count). The summed E-state index contributed by atoms with van der Waals surface area (Å²) >= 11 is 9.18. The smallest absolute Gasteiger partial charge is 0.130 e. The van der Waals surface area contributed by atoms with Gasteiger partial charge < -0.3 is 5.32 Å². The first-order chi connectivity index (χ1) is 7.74. The Balaban J connectivity index is 2.02. The van der Waals surface area contributed by atoms with E-state index < -0.39 is 0 Å². The standard InChI is InChI=1S/C11H9BrClN3/c12-10-5-11(16-7-15-10)14-6-8-2-1-3-9(13)4-8/h1-5,7H,6H2,(H,14,15,16). The summed E-state index contributed by atoms with van der Waals surface area (Å²) in [5.74, 6) is 0.779. The molecule has 0 aliphatic heterocycles. The van der Waals surface area contributed by atoms with Crippen LogP contribution in [0.4, 0.5) is 5.82 Å². The highest BCUT2D eigenvalue weighted by Gasteiger charge is 1.97. The molecule has 1 N–H and O–H groups in total. The van der Waals surface area contributed by atoms with E-state index in [4.69, 9.17) is 11.6 Å². The lowest BCUT2D eigenvalue weighted by Gasteiger charge is -2.05. The summed E-state index contributed by atoms with van der Waals surface area (Å²) in [7, 11) is 0. The van der Waals surface area contributed by atoms with E-state index >= 15 is 0 Å². The van der Waals surface area contributed by atoms with Crippen molar-refractivity contribution in [1.82, 2.24) is 9.97 Å². The first kappa shape index (κ1) is 11.4. The fourth-order valence-corrected chi connectivity index (χ4v) is 1.79. The Bertz CT molecular complexity index is 445. The lowest BCUT2D eigenvalue weighted by atomic mass is 10.2. The molecule has 0 atom stereocenters. The van der Waals surface area contributed by atoms with Gasteiger partial charge in [-0.3, -0.25) is 0 Å². The normalized spacial score (nSPS) is 10.1. The minimum atomic E-state index is 0.685. The third kappa shape index (κ3) is 3.18. The largest absolute Gasteiger partial charge is 0.366 e. The Morgan fingerprint density at radius 2 is 2.12 bits per heavy atom. The number of benzene rings is 1. The predicted octanol–water partition coefficient (Wildman–Crippen LogP) is 3.50. The van der Waals surface area contributed by atoms with E-state index in [0.29, 0.717) is 6.54 Å². The summed E-state index contributed by atoms with van der Waals surface area (Å²) in [6.07, 6.45) is 1.50. The Morgan fingerprint density at radius 1 is 1.25 bits per heavy atom. The van der Waals surface area contributed by atoms with Crippen molar-refractivity contribution in [3.05, 3.63) is 51.8 Å². The van der Waals surface area contributed by atoms with Crippen molar-refractivity contribution in [2.24, 2.45) is 0 Å². The molecule has 0 amide bonds. The number of anilines is 1. The van der Waals surface area contributed by atoms with Gasteiger partial charge in [0.05, 0.1) is 0 Å². The van der Waals surface area contributed by atoms with E-state index in [1.807, 2.05) is 30.3 Å². The van der Waals surface area contributed by atoms with Gasteiger partial charge in [-0.2, -0.15) is 0 Å². The van der Waals surface area contributed by atoms with E-state index in [1.165, 1.54) is 6.33 Å². The van der Waals surface area contributed by atoms with Crippen LogP contribution < -0.4 is 5.32 Å². The highest BCUT2D eigenvalue weighted by molar-refractivity contribution is 9.10. The molecule has 0 saturated heterocycles. The van der Waals surface area contributed by atoms with Gasteiger partial charge in [-0.1, -0.05) is 23.7 Å². The molecule has 2 aromatic rings. The molecule has 0 radical (unpaired) electrons. The summed E-state index contributed by atoms with van der Waals surface area (Å²) in [6.45, 7) is 0.685. The monoisotopic (exact) mass is 297 g/mol. The fourth-order valence-electron chi connectivity index (χ4n) is 1.27. The maximum atomic E-state index is 5.89. The maximum absolute atomic E-state index is 5.89. The van der Waals surface area contributed by atoms with Crippen LogP contribution in [-0.4, -0.2) is 9.97 Å². The lowest BCUT2D eigenvalue weighted by Crippen LogP contribution is -2.01. The Hall–Kier alpha value is -1.13. The Kier molecular flexibility index (Phi) is 3.74. The van der Waals surface area contributed by atoms with Gasteiger partial charge in [-0.05, 0) is 33.6 Å². The molecular weight excluding hydrogens is 289 g/mol. The zero-order valence-electron chi connectivity index (χ0n) is 8.32. The number of hydrogen-bond donors (Lipinski definition) is 1. The third-order valence-corrected chi connectivity index (χ3v) is 2.67. The highest BCUT2D eigenvalue weighted by Crippen LogP contribution is 2.13. The molecule has 5 heteroatoms. The molecule has 0 aliphatic rings. The van der Waals surface area contributed by atoms with E-state index in [-0.39, 0.29) is 0 Å². The third-order valence-electron chi connectivity index (χ3n) is 2.00. The molecule has 0 bridgehead atoms. The second-order valence-corrected chi connectivity index (χ2v) is 4.46. The fraction of sp³-hybridized carbons (Fsp3) is 0.0909. The lowest BCUT2D eigenvalue weighted by molar-refractivity contribution is 1.07. The second-order valence-electron chi connectivity index (χ2n) is 3.21. The predicted molar refractivity (Wildman–Crippen MR) is 68.5 cm³/mol. The van der Waals surface area contributed by atoms with Crippen LogP contribution in [-0.2, 0) is 6.54 Å².